The smallest absolute Gasteiger partial charge is 0.0541 e. The zero-order valence-corrected chi connectivity index (χ0v) is 35.5. The van der Waals surface area contributed by atoms with Crippen LogP contribution in [0.4, 0.5) is 0 Å². The van der Waals surface area contributed by atoms with Crippen molar-refractivity contribution in [1.29, 1.82) is 0 Å². The largest absolute Gasteiger partial charge is 0.309 e. The maximum atomic E-state index is 2.43. The molecular formula is C60H42N2S. The number of hydrogen-bond acceptors (Lipinski definition) is 0. The minimum absolute atomic E-state index is 0. The Kier molecular flexibility index (Phi) is 9.60. The van der Waals surface area contributed by atoms with Gasteiger partial charge in [-0.1, -0.05) is 170 Å². The van der Waals surface area contributed by atoms with Crippen molar-refractivity contribution >= 4 is 57.1 Å². The normalized spacial score (nSPS) is 11.4. The second-order valence-corrected chi connectivity index (χ2v) is 16.2. The fourth-order valence-electron chi connectivity index (χ4n) is 9.49. The second kappa shape index (κ2) is 15.9. The Hall–Kier alpha value is -7.85. The topological polar surface area (TPSA) is 9.86 Å². The van der Waals surface area contributed by atoms with E-state index in [1.54, 1.807) is 0 Å². The zero-order chi connectivity index (χ0) is 41.0. The molecule has 0 aliphatic rings. The molecule has 0 N–H and O–H groups in total. The molecule has 0 atom stereocenters. The molecule has 298 valence electrons. The van der Waals surface area contributed by atoms with Gasteiger partial charge in [-0.3, -0.25) is 0 Å². The van der Waals surface area contributed by atoms with E-state index in [0.717, 1.165) is 11.4 Å². The summed E-state index contributed by atoms with van der Waals surface area (Å²) >= 11 is 0. The first-order valence-corrected chi connectivity index (χ1v) is 21.3. The van der Waals surface area contributed by atoms with Crippen LogP contribution in [-0.2, 0) is 0 Å². The minimum atomic E-state index is 0. The van der Waals surface area contributed by atoms with Crippen LogP contribution in [-0.4, -0.2) is 9.13 Å². The molecule has 12 rings (SSSR count). The molecule has 0 saturated heterocycles. The van der Waals surface area contributed by atoms with Gasteiger partial charge < -0.3 is 9.13 Å². The van der Waals surface area contributed by atoms with Crippen molar-refractivity contribution in [2.75, 3.05) is 0 Å². The lowest BCUT2D eigenvalue weighted by Crippen LogP contribution is -1.96. The lowest BCUT2D eigenvalue weighted by molar-refractivity contribution is 1.17. The fraction of sp³-hybridized carbons (Fsp3) is 0. The summed E-state index contributed by atoms with van der Waals surface area (Å²) in [5, 5.41) is 4.96. The van der Waals surface area contributed by atoms with Gasteiger partial charge in [-0.15, -0.1) is 0 Å². The van der Waals surface area contributed by atoms with E-state index in [1.165, 1.54) is 99.2 Å². The summed E-state index contributed by atoms with van der Waals surface area (Å²) in [5.74, 6) is 0. The summed E-state index contributed by atoms with van der Waals surface area (Å²) in [5.41, 5.74) is 19.1. The number of nitrogens with zero attached hydrogens (tertiary/aromatic N) is 2. The van der Waals surface area contributed by atoms with E-state index >= 15 is 0 Å². The summed E-state index contributed by atoms with van der Waals surface area (Å²) < 4.78 is 4.87. The van der Waals surface area contributed by atoms with Crippen LogP contribution in [0.2, 0.25) is 0 Å². The molecule has 0 aliphatic carbocycles. The predicted molar refractivity (Wildman–Crippen MR) is 273 cm³/mol. The van der Waals surface area contributed by atoms with Crippen LogP contribution in [0.5, 0.6) is 0 Å². The number of benzene rings is 10. The van der Waals surface area contributed by atoms with Crippen LogP contribution < -0.4 is 0 Å². The Morgan fingerprint density at radius 3 is 0.698 bits per heavy atom. The van der Waals surface area contributed by atoms with E-state index in [2.05, 4.69) is 252 Å². The van der Waals surface area contributed by atoms with Crippen LogP contribution in [0, 0.1) is 0 Å². The van der Waals surface area contributed by atoms with Crippen LogP contribution in [0.1, 0.15) is 0 Å². The SMILES string of the molecule is S.c1ccc(-c2ccc3c(c2)c2cc(-c4ccccc4)ccc2n3-c2cccc(-c3cccc(-n4c5ccc(-c6ccccc6)cc5c5cc(-c6ccccc6)ccc54)c3)c2)cc1. The quantitative estimate of drug-likeness (QED) is 0.152. The lowest BCUT2D eigenvalue weighted by Gasteiger charge is -2.13. The third kappa shape index (κ3) is 6.71. The molecular weight excluding hydrogens is 781 g/mol. The first kappa shape index (κ1) is 38.1. The van der Waals surface area contributed by atoms with Crippen molar-refractivity contribution in [2.45, 2.75) is 0 Å². The molecule has 2 aromatic heterocycles. The van der Waals surface area contributed by atoms with Gasteiger partial charge in [0.1, 0.15) is 0 Å². The van der Waals surface area contributed by atoms with E-state index in [9.17, 15) is 0 Å². The van der Waals surface area contributed by atoms with Gasteiger partial charge in [0.05, 0.1) is 22.1 Å². The van der Waals surface area contributed by atoms with Crippen molar-refractivity contribution in [2.24, 2.45) is 0 Å². The van der Waals surface area contributed by atoms with Crippen LogP contribution in [0.15, 0.2) is 243 Å². The highest BCUT2D eigenvalue weighted by atomic mass is 32.1. The molecule has 63 heavy (non-hydrogen) atoms. The Labute approximate surface area is 374 Å². The summed E-state index contributed by atoms with van der Waals surface area (Å²) in [6.07, 6.45) is 0. The average Bonchev–Trinajstić information content (AvgIpc) is 3.86. The predicted octanol–water partition coefficient (Wildman–Crippen LogP) is 16.3. The Balaban J connectivity index is 0.00000444. The molecule has 0 saturated carbocycles. The van der Waals surface area contributed by atoms with Crippen LogP contribution in [0.25, 0.3) is 111 Å². The molecule has 2 heterocycles. The number of hydrogen-bond donors (Lipinski definition) is 0. The molecule has 3 heteroatoms. The molecule has 10 aromatic carbocycles. The summed E-state index contributed by atoms with van der Waals surface area (Å²) in [4.78, 5) is 0. The molecule has 0 unspecified atom stereocenters. The first-order chi connectivity index (χ1) is 30.7. The average molecular weight is 823 g/mol. The highest BCUT2D eigenvalue weighted by Crippen LogP contribution is 2.40. The highest BCUT2D eigenvalue weighted by molar-refractivity contribution is 7.59. The third-order valence-electron chi connectivity index (χ3n) is 12.5. The standard InChI is InChI=1S/C60H40N2.H2S/c1-5-15-41(16-6-1)47-27-31-57-53(37-47)54-38-48(42-17-7-2-8-18-42)28-32-58(54)61(57)51-25-13-23-45(35-51)46-24-14-26-52(36-46)62-59-33-29-49(43-19-9-3-10-20-43)39-55(59)56-40-50(30-34-60(56)62)44-21-11-4-12-22-44;/h1-40H;1H2. The van der Waals surface area contributed by atoms with E-state index in [0.29, 0.717) is 0 Å². The van der Waals surface area contributed by atoms with Crippen molar-refractivity contribution in [3.63, 3.8) is 0 Å². The first-order valence-electron chi connectivity index (χ1n) is 21.3. The number of fused-ring (bicyclic) bond motifs is 6. The van der Waals surface area contributed by atoms with Crippen molar-refractivity contribution in [3.05, 3.63) is 243 Å². The molecule has 0 radical (unpaired) electrons. The Bertz CT molecular complexity index is 3170. The molecule has 0 spiro atoms. The van der Waals surface area contributed by atoms with Crippen molar-refractivity contribution in [3.8, 4) is 67.0 Å². The van der Waals surface area contributed by atoms with E-state index in [4.69, 9.17) is 0 Å². The summed E-state index contributed by atoms with van der Waals surface area (Å²) in [7, 11) is 0. The van der Waals surface area contributed by atoms with Gasteiger partial charge in [0, 0.05) is 32.9 Å². The highest BCUT2D eigenvalue weighted by Gasteiger charge is 2.18. The molecule has 0 fully saturated rings. The molecule has 0 bridgehead atoms. The summed E-state index contributed by atoms with van der Waals surface area (Å²) in [6, 6.07) is 88.5. The van der Waals surface area contributed by atoms with Crippen molar-refractivity contribution < 1.29 is 0 Å². The Morgan fingerprint density at radius 1 is 0.190 bits per heavy atom. The lowest BCUT2D eigenvalue weighted by atomic mass is 10.0. The van der Waals surface area contributed by atoms with Crippen LogP contribution >= 0.6 is 13.5 Å². The maximum Gasteiger partial charge on any atom is 0.0541 e. The maximum absolute atomic E-state index is 2.43. The van der Waals surface area contributed by atoms with Gasteiger partial charge in [0.25, 0.3) is 0 Å². The molecule has 0 amide bonds. The second-order valence-electron chi connectivity index (χ2n) is 16.2. The van der Waals surface area contributed by atoms with Gasteiger partial charge >= 0.3 is 0 Å². The third-order valence-corrected chi connectivity index (χ3v) is 12.5. The molecule has 2 nitrogen and oxygen atoms in total. The van der Waals surface area contributed by atoms with Gasteiger partial charge in [-0.05, 0) is 128 Å². The molecule has 0 aliphatic heterocycles. The zero-order valence-electron chi connectivity index (χ0n) is 34.5. The molecule has 12 aromatic rings. The van der Waals surface area contributed by atoms with Crippen LogP contribution in [0.3, 0.4) is 0 Å². The number of aromatic nitrogens is 2. The minimum Gasteiger partial charge on any atom is -0.309 e. The summed E-state index contributed by atoms with van der Waals surface area (Å²) in [6.45, 7) is 0. The van der Waals surface area contributed by atoms with Crippen molar-refractivity contribution in [1.82, 2.24) is 9.13 Å². The fourth-order valence-corrected chi connectivity index (χ4v) is 9.49. The van der Waals surface area contributed by atoms with E-state index in [1.807, 2.05) is 0 Å². The monoisotopic (exact) mass is 822 g/mol. The van der Waals surface area contributed by atoms with E-state index < -0.39 is 0 Å². The van der Waals surface area contributed by atoms with Gasteiger partial charge in [0.15, 0.2) is 0 Å². The Morgan fingerprint density at radius 2 is 0.429 bits per heavy atom. The van der Waals surface area contributed by atoms with Gasteiger partial charge in [0.2, 0.25) is 0 Å². The van der Waals surface area contributed by atoms with Gasteiger partial charge in [-0.25, -0.2) is 0 Å². The van der Waals surface area contributed by atoms with E-state index in [-0.39, 0.29) is 13.5 Å². The number of rotatable bonds is 7. The van der Waals surface area contributed by atoms with Gasteiger partial charge in [-0.2, -0.15) is 13.5 Å².